The van der Waals surface area contributed by atoms with Crippen LogP contribution in [0, 0.1) is 5.92 Å². The molecule has 1 aromatic carbocycles. The largest absolute Gasteiger partial charge is 0.396 e. The Morgan fingerprint density at radius 3 is 2.32 bits per heavy atom. The Balaban J connectivity index is 1.82. The van der Waals surface area contributed by atoms with Gasteiger partial charge in [-0.25, -0.2) is 0 Å². The van der Waals surface area contributed by atoms with E-state index in [-0.39, 0.29) is 18.3 Å². The molecule has 1 saturated carbocycles. The summed E-state index contributed by atoms with van der Waals surface area (Å²) in [5, 5.41) is 9.02. The predicted molar refractivity (Wildman–Crippen MR) is 69.1 cm³/mol. The molecule has 0 radical (unpaired) electrons. The fraction of sp³-hybridized carbons (Fsp3) is 0.600. The summed E-state index contributed by atoms with van der Waals surface area (Å²) in [6.45, 7) is -0.377. The molecule has 1 N–H and O–H groups in total. The van der Waals surface area contributed by atoms with Crippen LogP contribution < -0.4 is 0 Å². The average Bonchev–Trinajstić information content (AvgIpc) is 2.47. The Labute approximate surface area is 112 Å². The Bertz CT molecular complexity index is 373. The number of halogens is 2. The molecule has 1 fully saturated rings. The van der Waals surface area contributed by atoms with Crippen molar-refractivity contribution in [3.63, 3.8) is 0 Å². The summed E-state index contributed by atoms with van der Waals surface area (Å²) in [7, 11) is 0. The molecular weight excluding hydrogens is 250 g/mol. The smallest absolute Gasteiger partial charge is 0.296 e. The second-order valence-corrected chi connectivity index (χ2v) is 5.21. The van der Waals surface area contributed by atoms with E-state index in [0.717, 1.165) is 25.7 Å². The lowest BCUT2D eigenvalue weighted by molar-refractivity contribution is -0.113. The molecular formula is C15H20F2O2. The maximum Gasteiger partial charge on any atom is 0.296 e. The van der Waals surface area contributed by atoms with E-state index in [0.29, 0.717) is 5.92 Å². The molecule has 0 amide bonds. The van der Waals surface area contributed by atoms with Crippen LogP contribution in [0.5, 0.6) is 0 Å². The number of hydrogen-bond acceptors (Lipinski definition) is 2. The van der Waals surface area contributed by atoms with Crippen molar-refractivity contribution in [2.45, 2.75) is 37.7 Å². The maximum absolute atomic E-state index is 13.9. The summed E-state index contributed by atoms with van der Waals surface area (Å²) in [5.41, 5.74) is -0.000885. The molecule has 1 aromatic rings. The van der Waals surface area contributed by atoms with Gasteiger partial charge in [0.05, 0.1) is 6.10 Å². The SMILES string of the molecule is OCC1CCC(OCC(F)(F)c2ccccc2)CC1. The lowest BCUT2D eigenvalue weighted by Crippen LogP contribution is -2.29. The molecule has 0 spiro atoms. The summed E-state index contributed by atoms with van der Waals surface area (Å²) < 4.78 is 33.1. The quantitative estimate of drug-likeness (QED) is 0.889. The van der Waals surface area contributed by atoms with E-state index < -0.39 is 12.5 Å². The van der Waals surface area contributed by atoms with Gasteiger partial charge in [0.1, 0.15) is 6.61 Å². The van der Waals surface area contributed by atoms with Gasteiger partial charge < -0.3 is 9.84 Å². The number of aliphatic hydroxyl groups is 1. The summed E-state index contributed by atoms with van der Waals surface area (Å²) in [6, 6.07) is 7.78. The first kappa shape index (κ1) is 14.4. The van der Waals surface area contributed by atoms with Crippen molar-refractivity contribution >= 4 is 0 Å². The van der Waals surface area contributed by atoms with E-state index in [9.17, 15) is 8.78 Å². The van der Waals surface area contributed by atoms with E-state index in [1.54, 1.807) is 18.2 Å². The number of rotatable bonds is 5. The molecule has 1 aliphatic rings. The second-order valence-electron chi connectivity index (χ2n) is 5.21. The first-order valence-electron chi connectivity index (χ1n) is 6.77. The van der Waals surface area contributed by atoms with Gasteiger partial charge in [-0.15, -0.1) is 0 Å². The second kappa shape index (κ2) is 6.44. The van der Waals surface area contributed by atoms with Crippen LogP contribution in [0.15, 0.2) is 30.3 Å². The van der Waals surface area contributed by atoms with Crippen LogP contribution in [-0.4, -0.2) is 24.4 Å². The summed E-state index contributed by atoms with van der Waals surface area (Å²) in [5.74, 6) is -2.62. The normalized spacial score (nSPS) is 24.4. The number of alkyl halides is 2. The van der Waals surface area contributed by atoms with Crippen LogP contribution in [0.2, 0.25) is 0 Å². The van der Waals surface area contributed by atoms with Gasteiger partial charge in [-0.1, -0.05) is 30.3 Å². The molecule has 1 aliphatic carbocycles. The lowest BCUT2D eigenvalue weighted by atomic mass is 9.88. The van der Waals surface area contributed by atoms with Crippen LogP contribution >= 0.6 is 0 Å². The molecule has 0 heterocycles. The van der Waals surface area contributed by atoms with Crippen molar-refractivity contribution in [3.05, 3.63) is 35.9 Å². The van der Waals surface area contributed by atoms with Crippen molar-refractivity contribution in [1.29, 1.82) is 0 Å². The molecule has 4 heteroatoms. The van der Waals surface area contributed by atoms with Crippen molar-refractivity contribution in [2.75, 3.05) is 13.2 Å². The van der Waals surface area contributed by atoms with Crippen molar-refractivity contribution in [1.82, 2.24) is 0 Å². The van der Waals surface area contributed by atoms with Crippen molar-refractivity contribution in [2.24, 2.45) is 5.92 Å². The molecule has 2 nitrogen and oxygen atoms in total. The van der Waals surface area contributed by atoms with Crippen LogP contribution in [-0.2, 0) is 10.7 Å². The number of ether oxygens (including phenoxy) is 1. The number of hydrogen-bond donors (Lipinski definition) is 1. The zero-order chi connectivity index (χ0) is 13.7. The summed E-state index contributed by atoms with van der Waals surface area (Å²) in [6.07, 6.45) is 3.14. The molecule has 0 atom stereocenters. The lowest BCUT2D eigenvalue weighted by Gasteiger charge is -2.28. The molecule has 0 bridgehead atoms. The van der Waals surface area contributed by atoms with E-state index in [1.807, 2.05) is 0 Å². The van der Waals surface area contributed by atoms with Gasteiger partial charge in [-0.05, 0) is 31.6 Å². The highest BCUT2D eigenvalue weighted by molar-refractivity contribution is 5.19. The highest BCUT2D eigenvalue weighted by atomic mass is 19.3. The first-order chi connectivity index (χ1) is 9.12. The van der Waals surface area contributed by atoms with E-state index in [2.05, 4.69) is 0 Å². The average molecular weight is 270 g/mol. The molecule has 0 aromatic heterocycles. The third-order valence-electron chi connectivity index (χ3n) is 3.75. The molecule has 0 aliphatic heterocycles. The molecule has 106 valence electrons. The zero-order valence-corrected chi connectivity index (χ0v) is 10.9. The van der Waals surface area contributed by atoms with E-state index in [4.69, 9.17) is 9.84 Å². The molecule has 0 saturated heterocycles. The minimum Gasteiger partial charge on any atom is -0.396 e. The third kappa shape index (κ3) is 3.98. The van der Waals surface area contributed by atoms with E-state index in [1.165, 1.54) is 12.1 Å². The Morgan fingerprint density at radius 1 is 1.11 bits per heavy atom. The molecule has 0 unspecified atom stereocenters. The van der Waals surface area contributed by atoms with Gasteiger partial charge in [0, 0.05) is 12.2 Å². The van der Waals surface area contributed by atoms with Gasteiger partial charge in [0.25, 0.3) is 5.92 Å². The van der Waals surface area contributed by atoms with Crippen molar-refractivity contribution in [3.8, 4) is 0 Å². The van der Waals surface area contributed by atoms with Crippen LogP contribution in [0.25, 0.3) is 0 Å². The van der Waals surface area contributed by atoms with Gasteiger partial charge in [0.2, 0.25) is 0 Å². The van der Waals surface area contributed by atoms with Crippen LogP contribution in [0.1, 0.15) is 31.2 Å². The standard InChI is InChI=1S/C15H20F2O2/c16-15(17,13-4-2-1-3-5-13)11-19-14-8-6-12(10-18)7-9-14/h1-5,12,14,18H,6-11H2. The monoisotopic (exact) mass is 270 g/mol. The Morgan fingerprint density at radius 2 is 1.74 bits per heavy atom. The minimum atomic E-state index is -2.94. The third-order valence-corrected chi connectivity index (χ3v) is 3.75. The topological polar surface area (TPSA) is 29.5 Å². The first-order valence-corrected chi connectivity index (χ1v) is 6.77. The highest BCUT2D eigenvalue weighted by Gasteiger charge is 2.33. The van der Waals surface area contributed by atoms with Crippen LogP contribution in [0.4, 0.5) is 8.78 Å². The minimum absolute atomic E-state index is 0.000885. The molecule has 2 rings (SSSR count). The van der Waals surface area contributed by atoms with Crippen molar-refractivity contribution < 1.29 is 18.6 Å². The van der Waals surface area contributed by atoms with Gasteiger partial charge in [-0.3, -0.25) is 0 Å². The highest BCUT2D eigenvalue weighted by Crippen LogP contribution is 2.31. The van der Waals surface area contributed by atoms with Crippen LogP contribution in [0.3, 0.4) is 0 Å². The van der Waals surface area contributed by atoms with Gasteiger partial charge in [-0.2, -0.15) is 8.78 Å². The summed E-state index contributed by atoms with van der Waals surface area (Å²) >= 11 is 0. The Kier molecular flexibility index (Phi) is 4.88. The molecule has 19 heavy (non-hydrogen) atoms. The van der Waals surface area contributed by atoms with Gasteiger partial charge in [0.15, 0.2) is 0 Å². The summed E-state index contributed by atoms with van der Waals surface area (Å²) in [4.78, 5) is 0. The van der Waals surface area contributed by atoms with Gasteiger partial charge >= 0.3 is 0 Å². The number of benzene rings is 1. The number of aliphatic hydroxyl groups excluding tert-OH is 1. The fourth-order valence-corrected chi connectivity index (χ4v) is 2.47. The Hall–Kier alpha value is -1.00. The van der Waals surface area contributed by atoms with E-state index >= 15 is 0 Å². The fourth-order valence-electron chi connectivity index (χ4n) is 2.47. The maximum atomic E-state index is 13.9. The predicted octanol–water partition coefficient (Wildman–Crippen LogP) is 3.35. The zero-order valence-electron chi connectivity index (χ0n) is 10.9.